The smallest absolute Gasteiger partial charge is 0.314 e. The van der Waals surface area contributed by atoms with Crippen molar-refractivity contribution in [2.45, 2.75) is 20.8 Å². The first-order chi connectivity index (χ1) is 14.4. The molecule has 150 valence electrons. The Morgan fingerprint density at radius 3 is 2.30 bits per heavy atom. The van der Waals surface area contributed by atoms with Gasteiger partial charge in [-0.25, -0.2) is 9.69 Å². The van der Waals surface area contributed by atoms with Crippen LogP contribution < -0.4 is 10.2 Å². The summed E-state index contributed by atoms with van der Waals surface area (Å²) in [6.07, 6.45) is 1.53. The molecule has 0 aliphatic carbocycles. The van der Waals surface area contributed by atoms with Gasteiger partial charge in [-0.3, -0.25) is 14.9 Å². The topological polar surface area (TPSA) is 71.4 Å². The van der Waals surface area contributed by atoms with Gasteiger partial charge in [0.05, 0.1) is 5.69 Å². The maximum atomic E-state index is 13.2. The molecule has 1 aliphatic heterocycles. The minimum absolute atomic E-state index is 0.0919. The highest BCUT2D eigenvalue weighted by Gasteiger charge is 2.37. The maximum absolute atomic E-state index is 13.2. The number of aryl methyl sites for hydroxylation is 2. The van der Waals surface area contributed by atoms with E-state index in [1.807, 2.05) is 73.9 Å². The van der Waals surface area contributed by atoms with E-state index in [4.69, 9.17) is 0 Å². The highest BCUT2D eigenvalue weighted by atomic mass is 16.2. The van der Waals surface area contributed by atoms with Crippen molar-refractivity contribution < 1.29 is 14.4 Å². The van der Waals surface area contributed by atoms with Gasteiger partial charge in [-0.05, 0) is 68.3 Å². The molecule has 0 radical (unpaired) electrons. The number of anilines is 1. The zero-order valence-electron chi connectivity index (χ0n) is 17.0. The van der Waals surface area contributed by atoms with Crippen molar-refractivity contribution in [1.29, 1.82) is 0 Å². The first kappa shape index (κ1) is 19.4. The van der Waals surface area contributed by atoms with Gasteiger partial charge < -0.3 is 4.57 Å². The molecule has 1 aromatic heterocycles. The number of hydrogen-bond acceptors (Lipinski definition) is 3. The fraction of sp³-hybridized carbons (Fsp3) is 0.125. The summed E-state index contributed by atoms with van der Waals surface area (Å²) in [6, 6.07) is 18.1. The minimum Gasteiger partial charge on any atom is -0.314 e. The van der Waals surface area contributed by atoms with Crippen molar-refractivity contribution in [2.24, 2.45) is 0 Å². The molecular formula is C24H21N3O3. The second-order valence-electron chi connectivity index (χ2n) is 7.25. The lowest BCUT2D eigenvalue weighted by Crippen LogP contribution is -2.54. The van der Waals surface area contributed by atoms with Crippen molar-refractivity contribution in [1.82, 2.24) is 9.88 Å². The molecule has 4 amide bonds. The number of barbiturate groups is 1. The molecule has 3 aromatic rings. The lowest BCUT2D eigenvalue weighted by molar-refractivity contribution is -0.122. The van der Waals surface area contributed by atoms with E-state index < -0.39 is 17.8 Å². The highest BCUT2D eigenvalue weighted by molar-refractivity contribution is 6.39. The van der Waals surface area contributed by atoms with Gasteiger partial charge in [-0.2, -0.15) is 0 Å². The van der Waals surface area contributed by atoms with Crippen LogP contribution in [0.2, 0.25) is 0 Å². The van der Waals surface area contributed by atoms with E-state index in [-0.39, 0.29) is 5.57 Å². The van der Waals surface area contributed by atoms with Crippen LogP contribution in [0.4, 0.5) is 10.5 Å². The molecule has 6 nitrogen and oxygen atoms in total. The van der Waals surface area contributed by atoms with Crippen LogP contribution in [0.1, 0.15) is 22.5 Å². The van der Waals surface area contributed by atoms with E-state index in [1.165, 1.54) is 6.08 Å². The average Bonchev–Trinajstić information content (AvgIpc) is 3.09. The van der Waals surface area contributed by atoms with Crippen LogP contribution in [0.5, 0.6) is 0 Å². The summed E-state index contributed by atoms with van der Waals surface area (Å²) in [6.45, 7) is 5.70. The van der Waals surface area contributed by atoms with E-state index in [9.17, 15) is 14.4 Å². The van der Waals surface area contributed by atoms with E-state index in [2.05, 4.69) is 5.32 Å². The Morgan fingerprint density at radius 1 is 0.833 bits per heavy atom. The molecule has 1 aliphatic rings. The molecule has 2 heterocycles. The first-order valence-corrected chi connectivity index (χ1v) is 9.60. The molecular weight excluding hydrogens is 378 g/mol. The minimum atomic E-state index is -0.745. The van der Waals surface area contributed by atoms with Crippen molar-refractivity contribution in [3.63, 3.8) is 0 Å². The zero-order chi connectivity index (χ0) is 21.4. The summed E-state index contributed by atoms with van der Waals surface area (Å²) in [7, 11) is 0. The fourth-order valence-corrected chi connectivity index (χ4v) is 3.60. The molecule has 1 N–H and O–H groups in total. The van der Waals surface area contributed by atoms with E-state index in [0.717, 1.165) is 27.4 Å². The third-order valence-corrected chi connectivity index (χ3v) is 5.33. The Labute approximate surface area is 174 Å². The quantitative estimate of drug-likeness (QED) is 0.533. The van der Waals surface area contributed by atoms with Gasteiger partial charge >= 0.3 is 6.03 Å². The molecule has 0 saturated carbocycles. The predicted octanol–water partition coefficient (Wildman–Crippen LogP) is 4.07. The number of benzene rings is 2. The second kappa shape index (κ2) is 7.48. The third kappa shape index (κ3) is 3.22. The van der Waals surface area contributed by atoms with Crippen LogP contribution in [0, 0.1) is 20.8 Å². The number of carbonyl (C=O) groups excluding carboxylic acids is 3. The predicted molar refractivity (Wildman–Crippen MR) is 115 cm³/mol. The monoisotopic (exact) mass is 399 g/mol. The van der Waals surface area contributed by atoms with Gasteiger partial charge in [-0.1, -0.05) is 30.3 Å². The Morgan fingerprint density at radius 2 is 1.57 bits per heavy atom. The standard InChI is InChI=1S/C24H21N3O3/c1-15-8-7-11-21(17(15)3)27-23(29)20(22(28)25-24(27)30)14-19-13-12-16(2)26(19)18-9-5-4-6-10-18/h4-14H,1-3H3,(H,25,28,30)/b20-14+. The van der Waals surface area contributed by atoms with Gasteiger partial charge in [0.1, 0.15) is 5.57 Å². The fourth-order valence-electron chi connectivity index (χ4n) is 3.60. The summed E-state index contributed by atoms with van der Waals surface area (Å²) in [5, 5.41) is 2.29. The molecule has 6 heteroatoms. The Bertz CT molecular complexity index is 1210. The van der Waals surface area contributed by atoms with Gasteiger partial charge in [0.25, 0.3) is 11.8 Å². The van der Waals surface area contributed by atoms with E-state index in [0.29, 0.717) is 11.4 Å². The Hall–Kier alpha value is -3.93. The van der Waals surface area contributed by atoms with Crippen LogP contribution >= 0.6 is 0 Å². The van der Waals surface area contributed by atoms with E-state index in [1.54, 1.807) is 12.1 Å². The third-order valence-electron chi connectivity index (χ3n) is 5.33. The number of para-hydroxylation sites is 1. The molecule has 1 fully saturated rings. The molecule has 4 rings (SSSR count). The molecule has 30 heavy (non-hydrogen) atoms. The summed E-state index contributed by atoms with van der Waals surface area (Å²) < 4.78 is 1.95. The number of aromatic nitrogens is 1. The number of nitrogens with zero attached hydrogens (tertiary/aromatic N) is 2. The maximum Gasteiger partial charge on any atom is 0.335 e. The summed E-state index contributed by atoms with van der Waals surface area (Å²) in [5.74, 6) is -1.35. The van der Waals surface area contributed by atoms with Crippen molar-refractivity contribution >= 4 is 29.6 Å². The first-order valence-electron chi connectivity index (χ1n) is 9.60. The molecule has 1 saturated heterocycles. The van der Waals surface area contributed by atoms with Crippen LogP contribution in [0.25, 0.3) is 11.8 Å². The molecule has 0 bridgehead atoms. The van der Waals surface area contributed by atoms with Crippen LogP contribution in [-0.4, -0.2) is 22.4 Å². The van der Waals surface area contributed by atoms with Gasteiger partial charge in [-0.15, -0.1) is 0 Å². The number of carbonyl (C=O) groups is 3. The molecule has 2 aromatic carbocycles. The number of hydrogen-bond donors (Lipinski definition) is 1. The van der Waals surface area contributed by atoms with Gasteiger partial charge in [0.2, 0.25) is 0 Å². The zero-order valence-corrected chi connectivity index (χ0v) is 17.0. The summed E-state index contributed by atoms with van der Waals surface area (Å²) in [4.78, 5) is 39.3. The SMILES string of the molecule is Cc1cccc(N2C(=O)NC(=O)/C(=C\c3ccc(C)n3-c3ccccc3)C2=O)c1C. The van der Waals surface area contributed by atoms with Gasteiger partial charge in [0, 0.05) is 17.1 Å². The number of amides is 4. The number of imide groups is 2. The normalized spacial score (nSPS) is 15.6. The van der Waals surface area contributed by atoms with Crippen LogP contribution in [0.3, 0.4) is 0 Å². The highest BCUT2D eigenvalue weighted by Crippen LogP contribution is 2.27. The van der Waals surface area contributed by atoms with E-state index >= 15 is 0 Å². The Balaban J connectivity index is 1.81. The van der Waals surface area contributed by atoms with Crippen LogP contribution in [0.15, 0.2) is 66.2 Å². The largest absolute Gasteiger partial charge is 0.335 e. The van der Waals surface area contributed by atoms with Gasteiger partial charge in [0.15, 0.2) is 0 Å². The van der Waals surface area contributed by atoms with Crippen LogP contribution in [-0.2, 0) is 9.59 Å². The number of nitrogens with one attached hydrogen (secondary N) is 1. The number of urea groups is 1. The average molecular weight is 399 g/mol. The summed E-state index contributed by atoms with van der Waals surface area (Å²) in [5.41, 5.74) is 4.67. The Kier molecular flexibility index (Phi) is 4.83. The lowest BCUT2D eigenvalue weighted by Gasteiger charge is -2.28. The second-order valence-corrected chi connectivity index (χ2v) is 7.25. The summed E-state index contributed by atoms with van der Waals surface area (Å²) >= 11 is 0. The molecule has 0 atom stereocenters. The van der Waals surface area contributed by atoms with Crippen molar-refractivity contribution in [2.75, 3.05) is 4.90 Å². The molecule has 0 unspecified atom stereocenters. The number of rotatable bonds is 3. The lowest BCUT2D eigenvalue weighted by atomic mass is 10.0. The van der Waals surface area contributed by atoms with Crippen molar-refractivity contribution in [3.05, 3.63) is 88.8 Å². The van der Waals surface area contributed by atoms with Crippen molar-refractivity contribution in [3.8, 4) is 5.69 Å². The molecule has 0 spiro atoms.